The molecule has 0 aliphatic carbocycles. The molecule has 17 heavy (non-hydrogen) atoms. The van der Waals surface area contributed by atoms with Gasteiger partial charge in [-0.3, -0.25) is 9.59 Å². The van der Waals surface area contributed by atoms with E-state index in [4.69, 9.17) is 10.8 Å². The summed E-state index contributed by atoms with van der Waals surface area (Å²) in [4.78, 5) is 21.9. The van der Waals surface area contributed by atoms with E-state index in [1.54, 1.807) is 6.07 Å². The summed E-state index contributed by atoms with van der Waals surface area (Å²) in [7, 11) is 0. The highest BCUT2D eigenvalue weighted by molar-refractivity contribution is 5.93. The second-order valence-electron chi connectivity index (χ2n) is 3.44. The molecule has 4 N–H and O–H groups in total. The second kappa shape index (κ2) is 5.90. The molecule has 1 atom stereocenters. The Labute approximate surface area is 98.2 Å². The van der Waals surface area contributed by atoms with Crippen molar-refractivity contribution in [2.75, 3.05) is 6.54 Å². The first-order valence-corrected chi connectivity index (χ1v) is 5.17. The van der Waals surface area contributed by atoms with Crippen LogP contribution in [0.25, 0.3) is 0 Å². The molecule has 0 unspecified atom stereocenters. The Morgan fingerprint density at radius 3 is 2.82 bits per heavy atom. The molecular formula is C10H15N4O3+. The normalized spacial score (nSPS) is 11.9. The third-order valence-electron chi connectivity index (χ3n) is 2.07. The lowest BCUT2D eigenvalue weighted by Crippen LogP contribution is -2.49. The van der Waals surface area contributed by atoms with Crippen molar-refractivity contribution < 1.29 is 19.4 Å². The Kier molecular flexibility index (Phi) is 4.53. The summed E-state index contributed by atoms with van der Waals surface area (Å²) >= 11 is 0. The number of rotatable bonds is 5. The largest absolute Gasteiger partial charge is 0.480 e. The summed E-state index contributed by atoms with van der Waals surface area (Å²) in [6.45, 7) is 2.42. The summed E-state index contributed by atoms with van der Waals surface area (Å²) in [6.07, 6.45) is 2.90. The quantitative estimate of drug-likeness (QED) is 0.543. The maximum Gasteiger partial charge on any atom is 0.327 e. The van der Waals surface area contributed by atoms with Gasteiger partial charge in [-0.15, -0.1) is 0 Å². The topological polar surface area (TPSA) is 109 Å². The third-order valence-corrected chi connectivity index (χ3v) is 2.07. The smallest absolute Gasteiger partial charge is 0.327 e. The summed E-state index contributed by atoms with van der Waals surface area (Å²) in [5, 5.41) is 15.2. The van der Waals surface area contributed by atoms with E-state index in [0.717, 1.165) is 0 Å². The highest BCUT2D eigenvalue weighted by Gasteiger charge is 2.18. The molecule has 1 rings (SSSR count). The number of nitrogens with two attached hydrogens (primary N) is 1. The lowest BCUT2D eigenvalue weighted by Gasteiger charge is -2.02. The van der Waals surface area contributed by atoms with Crippen LogP contribution in [0.15, 0.2) is 18.5 Å². The van der Waals surface area contributed by atoms with Gasteiger partial charge >= 0.3 is 5.97 Å². The lowest BCUT2D eigenvalue weighted by molar-refractivity contribution is -0.754. The van der Waals surface area contributed by atoms with E-state index in [2.05, 4.69) is 10.4 Å². The van der Waals surface area contributed by atoms with Crippen molar-refractivity contribution in [3.63, 3.8) is 0 Å². The summed E-state index contributed by atoms with van der Waals surface area (Å²) < 4.78 is 1.38. The van der Waals surface area contributed by atoms with Gasteiger partial charge in [0.1, 0.15) is 6.20 Å². The first-order valence-electron chi connectivity index (χ1n) is 5.17. The molecule has 0 aliphatic heterocycles. The van der Waals surface area contributed by atoms with Crippen LogP contribution in [0.1, 0.15) is 17.3 Å². The van der Waals surface area contributed by atoms with Crippen molar-refractivity contribution in [3.8, 4) is 0 Å². The highest BCUT2D eigenvalue weighted by Crippen LogP contribution is 1.92. The van der Waals surface area contributed by atoms with Crippen molar-refractivity contribution in [2.45, 2.75) is 19.5 Å². The number of carboxylic acids is 1. The van der Waals surface area contributed by atoms with Crippen LogP contribution >= 0.6 is 0 Å². The lowest BCUT2D eigenvalue weighted by atomic mass is 10.3. The average molecular weight is 239 g/mol. The van der Waals surface area contributed by atoms with Crippen LogP contribution in [-0.4, -0.2) is 34.7 Å². The van der Waals surface area contributed by atoms with Gasteiger partial charge in [0, 0.05) is 12.6 Å². The summed E-state index contributed by atoms with van der Waals surface area (Å²) in [5.74, 6) is -1.30. The molecule has 1 aromatic heterocycles. The molecule has 1 aromatic rings. The molecule has 0 fully saturated rings. The Hall–Kier alpha value is -2.02. The van der Waals surface area contributed by atoms with E-state index in [1.807, 2.05) is 6.92 Å². The molecule has 0 saturated heterocycles. The summed E-state index contributed by atoms with van der Waals surface area (Å²) in [5.41, 5.74) is 5.78. The van der Waals surface area contributed by atoms with Crippen LogP contribution < -0.4 is 15.7 Å². The summed E-state index contributed by atoms with van der Waals surface area (Å²) in [6, 6.07) is 0.551. The van der Waals surface area contributed by atoms with E-state index in [9.17, 15) is 9.59 Å². The van der Waals surface area contributed by atoms with Gasteiger partial charge in [0.2, 0.25) is 0 Å². The molecular weight excluding hydrogens is 224 g/mol. The molecule has 7 nitrogen and oxygen atoms in total. The van der Waals surface area contributed by atoms with Gasteiger partial charge in [0.25, 0.3) is 5.91 Å². The Morgan fingerprint density at radius 2 is 2.35 bits per heavy atom. The molecule has 92 valence electrons. The Morgan fingerprint density at radius 1 is 1.65 bits per heavy atom. The van der Waals surface area contributed by atoms with Crippen molar-refractivity contribution in [3.05, 3.63) is 24.0 Å². The molecule has 0 saturated carbocycles. The van der Waals surface area contributed by atoms with Crippen LogP contribution in [-0.2, 0) is 11.3 Å². The predicted molar refractivity (Wildman–Crippen MR) is 58.1 cm³/mol. The number of nitrogens with zero attached hydrogens (tertiary/aromatic N) is 2. The number of aromatic nitrogens is 2. The second-order valence-corrected chi connectivity index (χ2v) is 3.44. The van der Waals surface area contributed by atoms with Crippen LogP contribution in [0, 0.1) is 0 Å². The molecule has 0 spiro atoms. The zero-order chi connectivity index (χ0) is 12.8. The molecule has 1 heterocycles. The van der Waals surface area contributed by atoms with Crippen LogP contribution in [0.3, 0.4) is 0 Å². The van der Waals surface area contributed by atoms with Crippen LogP contribution in [0.2, 0.25) is 0 Å². The maximum atomic E-state index is 11.4. The molecule has 0 radical (unpaired) electrons. The van der Waals surface area contributed by atoms with E-state index in [1.165, 1.54) is 17.1 Å². The highest BCUT2D eigenvalue weighted by atomic mass is 16.4. The fourth-order valence-electron chi connectivity index (χ4n) is 1.17. The van der Waals surface area contributed by atoms with Crippen LogP contribution in [0.5, 0.6) is 0 Å². The molecule has 0 aromatic carbocycles. The van der Waals surface area contributed by atoms with E-state index >= 15 is 0 Å². The minimum atomic E-state index is -1.09. The number of carbonyl (C=O) groups is 2. The van der Waals surface area contributed by atoms with E-state index in [-0.39, 0.29) is 12.5 Å². The Balaban J connectivity index is 2.68. The third kappa shape index (κ3) is 3.80. The van der Waals surface area contributed by atoms with Gasteiger partial charge in [-0.25, -0.2) is 0 Å². The van der Waals surface area contributed by atoms with Gasteiger partial charge in [-0.05, 0) is 12.0 Å². The van der Waals surface area contributed by atoms with Crippen molar-refractivity contribution in [1.29, 1.82) is 0 Å². The number of aliphatic carboxylic acids is 1. The first kappa shape index (κ1) is 13.0. The van der Waals surface area contributed by atoms with Gasteiger partial charge in [0.15, 0.2) is 18.8 Å². The monoisotopic (exact) mass is 239 g/mol. The van der Waals surface area contributed by atoms with Crippen molar-refractivity contribution in [1.82, 2.24) is 10.4 Å². The molecule has 0 aliphatic rings. The zero-order valence-electron chi connectivity index (χ0n) is 9.46. The van der Waals surface area contributed by atoms with E-state index < -0.39 is 12.0 Å². The first-order chi connectivity index (χ1) is 8.04. The molecule has 1 amide bonds. The minimum Gasteiger partial charge on any atom is -0.480 e. The zero-order valence-corrected chi connectivity index (χ0v) is 9.46. The molecule has 0 bridgehead atoms. The average Bonchev–Trinajstić information content (AvgIpc) is 2.30. The SMILES string of the molecule is CCNC(=O)c1cc[n+](C[C@H](N)C(=O)O)nc1. The Bertz CT molecular complexity index is 405. The van der Waals surface area contributed by atoms with Crippen LogP contribution in [0.4, 0.5) is 0 Å². The predicted octanol–water partition coefficient (Wildman–Crippen LogP) is -1.47. The number of hydrogen-bond donors (Lipinski definition) is 3. The van der Waals surface area contributed by atoms with E-state index in [0.29, 0.717) is 12.1 Å². The number of carbonyl (C=O) groups excluding carboxylic acids is 1. The fourth-order valence-corrected chi connectivity index (χ4v) is 1.17. The minimum absolute atomic E-state index is 0.0605. The van der Waals surface area contributed by atoms with Gasteiger partial charge in [0.05, 0.1) is 5.56 Å². The van der Waals surface area contributed by atoms with Gasteiger partial charge < -0.3 is 16.2 Å². The number of hydrogen-bond acceptors (Lipinski definition) is 4. The van der Waals surface area contributed by atoms with Gasteiger partial charge in [-0.2, -0.15) is 0 Å². The maximum absolute atomic E-state index is 11.4. The number of nitrogens with one attached hydrogen (secondary N) is 1. The van der Waals surface area contributed by atoms with Crippen molar-refractivity contribution in [2.24, 2.45) is 5.73 Å². The number of amides is 1. The standard InChI is InChI=1S/C10H14N4O3/c1-2-12-9(15)7-3-4-14(13-5-7)6-8(11)10(16)17/h3-5,8H,2,6,11H2,1H3,(H-,12,15,16,17)/p+1/t8-/m0/s1. The van der Waals surface area contributed by atoms with Gasteiger partial charge in [-0.1, -0.05) is 4.68 Å². The number of carboxylic acid groups (broad SMARTS) is 1. The van der Waals surface area contributed by atoms with Crippen molar-refractivity contribution >= 4 is 11.9 Å². The molecule has 7 heteroatoms. The fraction of sp³-hybridized carbons (Fsp3) is 0.400.